The zero-order valence-corrected chi connectivity index (χ0v) is 11.5. The third kappa shape index (κ3) is 3.92. The van der Waals surface area contributed by atoms with Gasteiger partial charge in [0, 0.05) is 25.2 Å². The van der Waals surface area contributed by atoms with E-state index in [2.05, 4.69) is 10.4 Å². The monoisotopic (exact) mass is 250 g/mol. The Kier molecular flexibility index (Phi) is 5.45. The van der Waals surface area contributed by atoms with E-state index in [1.807, 2.05) is 50.1 Å². The highest BCUT2D eigenvalue weighted by molar-refractivity contribution is 5.79. The number of guanidine groups is 1. The predicted octanol–water partition coefficient (Wildman–Crippen LogP) is 1.35. The summed E-state index contributed by atoms with van der Waals surface area (Å²) in [6, 6.07) is 8.10. The van der Waals surface area contributed by atoms with Crippen LogP contribution in [0.15, 0.2) is 29.3 Å². The van der Waals surface area contributed by atoms with E-state index < -0.39 is 0 Å². The highest BCUT2D eigenvalue weighted by Crippen LogP contribution is 2.18. The van der Waals surface area contributed by atoms with Crippen molar-refractivity contribution < 1.29 is 4.74 Å². The van der Waals surface area contributed by atoms with Crippen molar-refractivity contribution in [3.63, 3.8) is 0 Å². The van der Waals surface area contributed by atoms with Crippen molar-refractivity contribution in [2.45, 2.75) is 26.4 Å². The Balaban J connectivity index is 2.83. The Morgan fingerprint density at radius 1 is 1.44 bits per heavy atom. The number of nitrogens with zero attached hydrogens (tertiary/aromatic N) is 2. The second-order valence-electron chi connectivity index (χ2n) is 4.36. The van der Waals surface area contributed by atoms with Gasteiger partial charge in [-0.25, -0.2) is 10.8 Å². The van der Waals surface area contributed by atoms with Crippen LogP contribution in [0.4, 0.5) is 0 Å². The zero-order chi connectivity index (χ0) is 13.5. The van der Waals surface area contributed by atoms with Crippen molar-refractivity contribution >= 4 is 5.96 Å². The maximum atomic E-state index is 5.49. The average molecular weight is 250 g/mol. The fourth-order valence-electron chi connectivity index (χ4n) is 1.65. The van der Waals surface area contributed by atoms with Gasteiger partial charge in [0.25, 0.3) is 0 Å². The van der Waals surface area contributed by atoms with Gasteiger partial charge in [-0.15, -0.1) is 0 Å². The van der Waals surface area contributed by atoms with Crippen LogP contribution in [0.3, 0.4) is 0 Å². The minimum atomic E-state index is 0.191. The topological polar surface area (TPSA) is 62.9 Å². The number of hydrazine groups is 1. The number of nitrogens with one attached hydrogen (secondary N) is 1. The molecule has 100 valence electrons. The van der Waals surface area contributed by atoms with Crippen molar-refractivity contribution in [2.24, 2.45) is 10.8 Å². The lowest BCUT2D eigenvalue weighted by molar-refractivity contribution is 0.395. The first kappa shape index (κ1) is 14.3. The standard InChI is InChI=1S/C13H22N4O/c1-10(2)15-13(16-14)17(3)9-11-7-5-6-8-12(11)18-4/h5-8,10H,9,14H2,1-4H3,(H,15,16). The maximum Gasteiger partial charge on any atom is 0.208 e. The molecule has 1 aromatic rings. The first-order valence-electron chi connectivity index (χ1n) is 5.96. The fourth-order valence-corrected chi connectivity index (χ4v) is 1.65. The van der Waals surface area contributed by atoms with E-state index in [9.17, 15) is 0 Å². The van der Waals surface area contributed by atoms with Gasteiger partial charge in [-0.3, -0.25) is 5.43 Å². The zero-order valence-electron chi connectivity index (χ0n) is 11.5. The van der Waals surface area contributed by atoms with Crippen LogP contribution in [0.5, 0.6) is 5.75 Å². The number of benzene rings is 1. The van der Waals surface area contributed by atoms with E-state index in [-0.39, 0.29) is 6.04 Å². The van der Waals surface area contributed by atoms with Gasteiger partial charge in [-0.1, -0.05) is 18.2 Å². The van der Waals surface area contributed by atoms with Crippen LogP contribution in [0, 0.1) is 0 Å². The van der Waals surface area contributed by atoms with Gasteiger partial charge in [0.2, 0.25) is 5.96 Å². The molecule has 0 bridgehead atoms. The number of aliphatic imine (C=N–C) groups is 1. The molecule has 0 aliphatic carbocycles. The van der Waals surface area contributed by atoms with E-state index in [1.165, 1.54) is 0 Å². The van der Waals surface area contributed by atoms with E-state index >= 15 is 0 Å². The molecule has 0 amide bonds. The molecule has 0 fully saturated rings. The van der Waals surface area contributed by atoms with Gasteiger partial charge in [0.05, 0.1) is 7.11 Å². The molecule has 0 aromatic heterocycles. The van der Waals surface area contributed by atoms with Crippen LogP contribution < -0.4 is 16.0 Å². The molecular formula is C13H22N4O. The van der Waals surface area contributed by atoms with Crippen molar-refractivity contribution in [2.75, 3.05) is 14.2 Å². The summed E-state index contributed by atoms with van der Waals surface area (Å²) in [6.45, 7) is 4.70. The average Bonchev–Trinajstić information content (AvgIpc) is 2.36. The third-order valence-electron chi connectivity index (χ3n) is 2.47. The van der Waals surface area contributed by atoms with Gasteiger partial charge >= 0.3 is 0 Å². The second-order valence-corrected chi connectivity index (χ2v) is 4.36. The summed E-state index contributed by atoms with van der Waals surface area (Å²) >= 11 is 0. The molecule has 0 unspecified atom stereocenters. The van der Waals surface area contributed by atoms with Gasteiger partial charge in [-0.2, -0.15) is 0 Å². The Bertz CT molecular complexity index is 404. The summed E-state index contributed by atoms with van der Waals surface area (Å²) in [6.07, 6.45) is 0. The summed E-state index contributed by atoms with van der Waals surface area (Å²) in [7, 11) is 3.61. The number of hydrogen-bond acceptors (Lipinski definition) is 3. The lowest BCUT2D eigenvalue weighted by Gasteiger charge is -2.22. The molecule has 3 N–H and O–H groups in total. The highest BCUT2D eigenvalue weighted by Gasteiger charge is 2.09. The molecule has 0 atom stereocenters. The Morgan fingerprint density at radius 2 is 2.11 bits per heavy atom. The first-order valence-corrected chi connectivity index (χ1v) is 5.96. The lowest BCUT2D eigenvalue weighted by atomic mass is 10.2. The van der Waals surface area contributed by atoms with Crippen molar-refractivity contribution in [3.8, 4) is 5.75 Å². The van der Waals surface area contributed by atoms with Gasteiger partial charge in [-0.05, 0) is 19.9 Å². The van der Waals surface area contributed by atoms with Gasteiger partial charge < -0.3 is 9.64 Å². The summed E-state index contributed by atoms with van der Waals surface area (Å²) in [5.74, 6) is 7.02. The first-order chi connectivity index (χ1) is 8.58. The van der Waals surface area contributed by atoms with E-state index in [1.54, 1.807) is 7.11 Å². The van der Waals surface area contributed by atoms with E-state index in [0.29, 0.717) is 12.5 Å². The Labute approximate surface area is 109 Å². The molecule has 0 heterocycles. The van der Waals surface area contributed by atoms with Gasteiger partial charge in [0.1, 0.15) is 5.75 Å². The van der Waals surface area contributed by atoms with Crippen LogP contribution in [0.1, 0.15) is 19.4 Å². The molecule has 5 heteroatoms. The van der Waals surface area contributed by atoms with Gasteiger partial charge in [0.15, 0.2) is 0 Å². The minimum Gasteiger partial charge on any atom is -0.496 e. The summed E-state index contributed by atoms with van der Waals surface area (Å²) in [5.41, 5.74) is 3.72. The van der Waals surface area contributed by atoms with Crippen LogP contribution in [-0.2, 0) is 6.54 Å². The van der Waals surface area contributed by atoms with Crippen LogP contribution in [-0.4, -0.2) is 31.1 Å². The molecule has 18 heavy (non-hydrogen) atoms. The molecular weight excluding hydrogens is 228 g/mol. The maximum absolute atomic E-state index is 5.49. The molecule has 0 radical (unpaired) electrons. The molecule has 0 aliphatic rings. The van der Waals surface area contributed by atoms with Crippen molar-refractivity contribution in [1.29, 1.82) is 0 Å². The number of rotatable bonds is 4. The predicted molar refractivity (Wildman–Crippen MR) is 74.4 cm³/mol. The number of methoxy groups -OCH3 is 1. The third-order valence-corrected chi connectivity index (χ3v) is 2.47. The molecule has 5 nitrogen and oxygen atoms in total. The summed E-state index contributed by atoms with van der Waals surface area (Å²) in [4.78, 5) is 6.37. The normalized spacial score (nSPS) is 11.6. The second kappa shape index (κ2) is 6.86. The quantitative estimate of drug-likeness (QED) is 0.366. The molecule has 0 aliphatic heterocycles. The molecule has 0 saturated heterocycles. The molecule has 1 rings (SSSR count). The highest BCUT2D eigenvalue weighted by atomic mass is 16.5. The molecule has 1 aromatic carbocycles. The Morgan fingerprint density at radius 3 is 2.67 bits per heavy atom. The summed E-state index contributed by atoms with van der Waals surface area (Å²) in [5, 5.41) is 0. The smallest absolute Gasteiger partial charge is 0.208 e. The Hall–Kier alpha value is -1.75. The number of nitrogens with two attached hydrogens (primary N) is 1. The lowest BCUT2D eigenvalue weighted by Crippen LogP contribution is -2.43. The summed E-state index contributed by atoms with van der Waals surface area (Å²) < 4.78 is 5.32. The van der Waals surface area contributed by atoms with Crippen molar-refractivity contribution in [1.82, 2.24) is 10.3 Å². The molecule has 0 saturated carbocycles. The number of hydrogen-bond donors (Lipinski definition) is 2. The fraction of sp³-hybridized carbons (Fsp3) is 0.462. The van der Waals surface area contributed by atoms with Crippen LogP contribution in [0.2, 0.25) is 0 Å². The SMILES string of the molecule is COc1ccccc1CN(C)C(=NC(C)C)NN. The van der Waals surface area contributed by atoms with Crippen LogP contribution >= 0.6 is 0 Å². The van der Waals surface area contributed by atoms with Crippen LogP contribution in [0.25, 0.3) is 0 Å². The van der Waals surface area contributed by atoms with E-state index in [0.717, 1.165) is 11.3 Å². The van der Waals surface area contributed by atoms with Crippen molar-refractivity contribution in [3.05, 3.63) is 29.8 Å². The minimum absolute atomic E-state index is 0.191. The largest absolute Gasteiger partial charge is 0.496 e. The number of ether oxygens (including phenoxy) is 1. The number of para-hydroxylation sites is 1. The molecule has 0 spiro atoms. The van der Waals surface area contributed by atoms with E-state index in [4.69, 9.17) is 10.6 Å².